The van der Waals surface area contributed by atoms with Crippen molar-refractivity contribution in [1.29, 1.82) is 0 Å². The summed E-state index contributed by atoms with van der Waals surface area (Å²) < 4.78 is 7.17. The van der Waals surface area contributed by atoms with Gasteiger partial charge in [-0.2, -0.15) is 0 Å². The van der Waals surface area contributed by atoms with Gasteiger partial charge in [-0.25, -0.2) is 14.8 Å². The summed E-state index contributed by atoms with van der Waals surface area (Å²) in [5.41, 5.74) is 10.1. The van der Waals surface area contributed by atoms with Crippen LogP contribution in [0.2, 0.25) is 0 Å². The number of benzene rings is 2. The van der Waals surface area contributed by atoms with Crippen molar-refractivity contribution in [1.82, 2.24) is 14.5 Å². The van der Waals surface area contributed by atoms with E-state index < -0.39 is 5.97 Å². The molecule has 7 nitrogen and oxygen atoms in total. The number of hydrogen-bond acceptors (Lipinski definition) is 6. The van der Waals surface area contributed by atoms with Crippen LogP contribution in [0.4, 0.5) is 5.82 Å². The third-order valence-corrected chi connectivity index (χ3v) is 5.16. The third-order valence-electron chi connectivity index (χ3n) is 5.16. The molecule has 0 aliphatic carbocycles. The van der Waals surface area contributed by atoms with Gasteiger partial charge < -0.3 is 10.5 Å². The molecule has 0 amide bonds. The van der Waals surface area contributed by atoms with Gasteiger partial charge in [0.25, 0.3) is 0 Å². The minimum absolute atomic E-state index is 0.0305. The molecule has 0 fully saturated rings. The van der Waals surface area contributed by atoms with E-state index in [2.05, 4.69) is 18.8 Å². The summed E-state index contributed by atoms with van der Waals surface area (Å²) in [5, 5.41) is 0. The molecule has 2 aromatic carbocycles. The first-order chi connectivity index (χ1) is 14.9. The number of nitrogen functional groups attached to an aromatic ring is 1. The average Bonchev–Trinajstić information content (AvgIpc) is 3.02. The van der Waals surface area contributed by atoms with E-state index in [1.54, 1.807) is 28.8 Å². The molecule has 0 saturated heterocycles. The van der Waals surface area contributed by atoms with E-state index in [-0.39, 0.29) is 17.2 Å². The summed E-state index contributed by atoms with van der Waals surface area (Å²) >= 11 is 0. The van der Waals surface area contributed by atoms with Crippen molar-refractivity contribution in [3.63, 3.8) is 0 Å². The second-order valence-electron chi connectivity index (χ2n) is 7.90. The van der Waals surface area contributed by atoms with E-state index >= 15 is 0 Å². The zero-order valence-electron chi connectivity index (χ0n) is 17.8. The SMILES string of the molecule is CC(=O)c1ccc(-n2c(N)c(C(=O)OCCC(C)C)c3nc4ccccc4nc32)cc1. The Morgan fingerprint density at radius 2 is 1.68 bits per heavy atom. The molecule has 0 spiro atoms. The fourth-order valence-corrected chi connectivity index (χ4v) is 3.43. The first kappa shape index (κ1) is 20.5. The number of fused-ring (bicyclic) bond motifs is 2. The topological polar surface area (TPSA) is 100 Å². The molecule has 0 aliphatic rings. The van der Waals surface area contributed by atoms with Gasteiger partial charge in [0, 0.05) is 11.3 Å². The molecule has 4 rings (SSSR count). The number of Topliss-reactive ketones (excluding diaryl/α,β-unsaturated/α-hetero) is 1. The van der Waals surface area contributed by atoms with Gasteiger partial charge >= 0.3 is 5.97 Å². The van der Waals surface area contributed by atoms with Gasteiger partial charge in [0.15, 0.2) is 11.4 Å². The van der Waals surface area contributed by atoms with Crippen LogP contribution in [0.5, 0.6) is 0 Å². The van der Waals surface area contributed by atoms with Crippen LogP contribution < -0.4 is 5.73 Å². The van der Waals surface area contributed by atoms with Gasteiger partial charge in [-0.15, -0.1) is 0 Å². The summed E-state index contributed by atoms with van der Waals surface area (Å²) in [4.78, 5) is 34.0. The third kappa shape index (κ3) is 3.86. The number of hydrogen-bond donors (Lipinski definition) is 1. The normalized spacial score (nSPS) is 11.4. The Morgan fingerprint density at radius 1 is 1.03 bits per heavy atom. The van der Waals surface area contributed by atoms with Crippen LogP contribution in [0.3, 0.4) is 0 Å². The fourth-order valence-electron chi connectivity index (χ4n) is 3.43. The van der Waals surface area contributed by atoms with E-state index in [9.17, 15) is 9.59 Å². The number of carbonyl (C=O) groups is 2. The molecule has 158 valence electrons. The number of rotatable bonds is 6. The standard InChI is InChI=1S/C24H24N4O3/c1-14(2)12-13-31-24(30)20-21-23(27-19-7-5-4-6-18(19)26-21)28(22(20)25)17-10-8-16(9-11-17)15(3)29/h4-11,14H,12-13,25H2,1-3H3. The molecule has 0 radical (unpaired) electrons. The van der Waals surface area contributed by atoms with Gasteiger partial charge in [-0.05, 0) is 55.7 Å². The zero-order valence-corrected chi connectivity index (χ0v) is 17.8. The van der Waals surface area contributed by atoms with Crippen molar-refractivity contribution in [3.8, 4) is 5.69 Å². The second-order valence-corrected chi connectivity index (χ2v) is 7.90. The maximum Gasteiger partial charge on any atom is 0.344 e. The number of carbonyl (C=O) groups excluding carboxylic acids is 2. The highest BCUT2D eigenvalue weighted by Gasteiger charge is 2.26. The molecule has 2 aromatic heterocycles. The number of nitrogens with zero attached hydrogens (tertiary/aromatic N) is 3. The number of ether oxygens (including phenoxy) is 1. The smallest absolute Gasteiger partial charge is 0.344 e. The Morgan fingerprint density at radius 3 is 2.29 bits per heavy atom. The Bertz CT molecular complexity index is 1290. The van der Waals surface area contributed by atoms with Crippen LogP contribution >= 0.6 is 0 Å². The molecule has 2 N–H and O–H groups in total. The summed E-state index contributed by atoms with van der Waals surface area (Å²) in [5.74, 6) is 0.0642. The highest BCUT2D eigenvalue weighted by molar-refractivity contribution is 6.09. The van der Waals surface area contributed by atoms with Crippen molar-refractivity contribution < 1.29 is 14.3 Å². The largest absolute Gasteiger partial charge is 0.462 e. The number of nitrogens with two attached hydrogens (primary N) is 1. The minimum Gasteiger partial charge on any atom is -0.462 e. The zero-order chi connectivity index (χ0) is 22.1. The number of para-hydroxylation sites is 2. The van der Waals surface area contributed by atoms with Gasteiger partial charge in [0.05, 0.1) is 17.6 Å². The maximum atomic E-state index is 13.0. The molecule has 0 unspecified atom stereocenters. The van der Waals surface area contributed by atoms with Crippen molar-refractivity contribution in [2.75, 3.05) is 12.3 Å². The van der Waals surface area contributed by atoms with Crippen molar-refractivity contribution in [3.05, 3.63) is 59.7 Å². The molecular weight excluding hydrogens is 392 g/mol. The monoisotopic (exact) mass is 416 g/mol. The molecule has 0 bridgehead atoms. The van der Waals surface area contributed by atoms with E-state index in [0.717, 1.165) is 6.42 Å². The molecule has 2 heterocycles. The Balaban J connectivity index is 1.90. The van der Waals surface area contributed by atoms with Gasteiger partial charge in [0.2, 0.25) is 0 Å². The Kier molecular flexibility index (Phi) is 5.42. The van der Waals surface area contributed by atoms with Gasteiger partial charge in [-0.1, -0.05) is 26.0 Å². The lowest BCUT2D eigenvalue weighted by Crippen LogP contribution is -2.11. The molecular formula is C24H24N4O3. The lowest BCUT2D eigenvalue weighted by Gasteiger charge is -2.09. The predicted octanol–water partition coefficient (Wildman–Crippen LogP) is 4.56. The van der Waals surface area contributed by atoms with Crippen LogP contribution in [-0.4, -0.2) is 32.9 Å². The Labute approximate surface area is 179 Å². The number of esters is 1. The minimum atomic E-state index is -0.521. The van der Waals surface area contributed by atoms with Crippen molar-refractivity contribution >= 4 is 39.8 Å². The second kappa shape index (κ2) is 8.18. The lowest BCUT2D eigenvalue weighted by molar-refractivity contribution is 0.0491. The molecule has 0 atom stereocenters. The van der Waals surface area contributed by atoms with Crippen molar-refractivity contribution in [2.24, 2.45) is 5.92 Å². The highest BCUT2D eigenvalue weighted by Crippen LogP contribution is 2.31. The molecule has 0 saturated carbocycles. The highest BCUT2D eigenvalue weighted by atomic mass is 16.5. The van der Waals surface area contributed by atoms with E-state index in [0.29, 0.717) is 46.0 Å². The van der Waals surface area contributed by atoms with Crippen LogP contribution in [0.1, 0.15) is 47.9 Å². The van der Waals surface area contributed by atoms with Crippen LogP contribution in [0.25, 0.3) is 27.9 Å². The van der Waals surface area contributed by atoms with Crippen molar-refractivity contribution in [2.45, 2.75) is 27.2 Å². The maximum absolute atomic E-state index is 13.0. The molecule has 7 heteroatoms. The van der Waals surface area contributed by atoms with Crippen LogP contribution in [-0.2, 0) is 4.74 Å². The molecule has 4 aromatic rings. The predicted molar refractivity (Wildman–Crippen MR) is 121 cm³/mol. The molecule has 0 aliphatic heterocycles. The van der Waals surface area contributed by atoms with Crippen LogP contribution in [0, 0.1) is 5.92 Å². The summed E-state index contributed by atoms with van der Waals surface area (Å²) in [7, 11) is 0. The van der Waals surface area contributed by atoms with Gasteiger partial charge in [-0.3, -0.25) is 9.36 Å². The summed E-state index contributed by atoms with van der Waals surface area (Å²) in [6.45, 7) is 5.95. The lowest BCUT2D eigenvalue weighted by atomic mass is 10.1. The number of anilines is 1. The first-order valence-electron chi connectivity index (χ1n) is 10.2. The van der Waals surface area contributed by atoms with E-state index in [1.807, 2.05) is 24.3 Å². The number of ketones is 1. The van der Waals surface area contributed by atoms with E-state index in [4.69, 9.17) is 15.5 Å². The summed E-state index contributed by atoms with van der Waals surface area (Å²) in [6.07, 6.45) is 0.755. The van der Waals surface area contributed by atoms with Gasteiger partial charge in [0.1, 0.15) is 16.9 Å². The van der Waals surface area contributed by atoms with Crippen LogP contribution in [0.15, 0.2) is 48.5 Å². The molecule has 31 heavy (non-hydrogen) atoms. The first-order valence-corrected chi connectivity index (χ1v) is 10.2. The van der Waals surface area contributed by atoms with E-state index in [1.165, 1.54) is 6.92 Å². The average molecular weight is 416 g/mol. The number of aromatic nitrogens is 3. The summed E-state index contributed by atoms with van der Waals surface area (Å²) in [6, 6.07) is 14.4. The Hall–Kier alpha value is -3.74. The quantitative estimate of drug-likeness (QED) is 0.365. The fraction of sp³-hybridized carbons (Fsp3) is 0.250.